The Bertz CT molecular complexity index is 656. The highest BCUT2D eigenvalue weighted by molar-refractivity contribution is 5.59. The molecule has 0 aliphatic carbocycles. The van der Waals surface area contributed by atoms with Gasteiger partial charge >= 0.3 is 0 Å². The molecule has 2 rings (SSSR count). The van der Waals surface area contributed by atoms with Gasteiger partial charge in [0.1, 0.15) is 0 Å². The Morgan fingerprint density at radius 3 is 2.35 bits per heavy atom. The molecule has 0 bridgehead atoms. The van der Waals surface area contributed by atoms with Gasteiger partial charge in [0.25, 0.3) is 0 Å². The first-order valence-corrected chi connectivity index (χ1v) is 7.49. The molecule has 0 aromatic heterocycles. The van der Waals surface area contributed by atoms with E-state index in [0.29, 0.717) is 23.6 Å². The average Bonchev–Trinajstić information content (AvgIpc) is 2.51. The number of nitrogen functional groups attached to an aromatic ring is 2. The summed E-state index contributed by atoms with van der Waals surface area (Å²) in [5.41, 5.74) is 15.8. The molecule has 6 nitrogen and oxygen atoms in total. The van der Waals surface area contributed by atoms with E-state index in [1.165, 1.54) is 0 Å². The van der Waals surface area contributed by atoms with Gasteiger partial charge in [0.05, 0.1) is 0 Å². The van der Waals surface area contributed by atoms with E-state index in [1.807, 2.05) is 30.1 Å². The Morgan fingerprint density at radius 2 is 1.74 bits per heavy atom. The van der Waals surface area contributed by atoms with Gasteiger partial charge in [-0.3, -0.25) is 0 Å². The molecule has 0 aliphatic rings. The van der Waals surface area contributed by atoms with Crippen LogP contribution in [0.15, 0.2) is 42.5 Å². The van der Waals surface area contributed by atoms with Gasteiger partial charge < -0.3 is 31.9 Å². The third-order valence-electron chi connectivity index (χ3n) is 3.72. The molecule has 0 heterocycles. The maximum absolute atomic E-state index is 9.61. The van der Waals surface area contributed by atoms with Crippen molar-refractivity contribution in [3.05, 3.63) is 48.0 Å². The fraction of sp³-hybridized carbons (Fsp3) is 0.294. The van der Waals surface area contributed by atoms with Gasteiger partial charge in [-0.25, -0.2) is 0 Å². The van der Waals surface area contributed by atoms with Crippen molar-refractivity contribution in [2.45, 2.75) is 25.8 Å². The fourth-order valence-corrected chi connectivity index (χ4v) is 2.23. The number of hydrogen-bond donors (Lipinski definition) is 5. The van der Waals surface area contributed by atoms with Crippen LogP contribution in [-0.4, -0.2) is 23.2 Å². The van der Waals surface area contributed by atoms with Crippen LogP contribution in [0.1, 0.15) is 18.9 Å². The van der Waals surface area contributed by atoms with Crippen molar-refractivity contribution in [3.63, 3.8) is 0 Å². The van der Waals surface area contributed by atoms with Crippen molar-refractivity contribution >= 4 is 22.7 Å². The van der Waals surface area contributed by atoms with Gasteiger partial charge in [0.2, 0.25) is 5.91 Å². The molecule has 0 unspecified atom stereocenters. The second kappa shape index (κ2) is 6.76. The van der Waals surface area contributed by atoms with Gasteiger partial charge in [-0.15, -0.1) is 0 Å². The van der Waals surface area contributed by atoms with Gasteiger partial charge in [0.15, 0.2) is 0 Å². The summed E-state index contributed by atoms with van der Waals surface area (Å²) in [4.78, 5) is 2.04. The van der Waals surface area contributed by atoms with Crippen LogP contribution in [0.3, 0.4) is 0 Å². The molecule has 2 aromatic carbocycles. The van der Waals surface area contributed by atoms with E-state index in [4.69, 9.17) is 11.5 Å². The van der Waals surface area contributed by atoms with Gasteiger partial charge in [0, 0.05) is 42.8 Å². The zero-order valence-electron chi connectivity index (χ0n) is 13.5. The van der Waals surface area contributed by atoms with Gasteiger partial charge in [-0.2, -0.15) is 0 Å². The molecule has 7 N–H and O–H groups in total. The summed E-state index contributed by atoms with van der Waals surface area (Å²) in [5, 5.41) is 21.9. The Morgan fingerprint density at radius 1 is 1.09 bits per heavy atom. The van der Waals surface area contributed by atoms with Crippen molar-refractivity contribution < 1.29 is 10.2 Å². The predicted octanol–water partition coefficient (Wildman–Crippen LogP) is 1.95. The standard InChI is InChI=1S/C17H24N4O2/c1-3-17(22,23)20-14-5-7-15(8-6-14)21(2)11-12-10-13(18)4-9-16(12)19/h4-10,20,22-23H,3,11,18-19H2,1-2H3. The van der Waals surface area contributed by atoms with E-state index in [-0.39, 0.29) is 6.42 Å². The van der Waals surface area contributed by atoms with Crippen LogP contribution in [0.4, 0.5) is 22.7 Å². The molecule has 0 amide bonds. The highest BCUT2D eigenvalue weighted by atomic mass is 16.5. The summed E-state index contributed by atoms with van der Waals surface area (Å²) in [6.07, 6.45) is 0.184. The number of nitrogens with zero attached hydrogens (tertiary/aromatic N) is 1. The van der Waals surface area contributed by atoms with Gasteiger partial charge in [-0.05, 0) is 48.0 Å². The quantitative estimate of drug-likeness (QED) is 0.412. The Balaban J connectivity index is 2.08. The Kier molecular flexibility index (Phi) is 4.98. The summed E-state index contributed by atoms with van der Waals surface area (Å²) in [7, 11) is 1.96. The molecule has 0 fully saturated rings. The molecule has 0 saturated carbocycles. The molecule has 0 aliphatic heterocycles. The van der Waals surface area contributed by atoms with E-state index in [0.717, 1.165) is 11.3 Å². The van der Waals surface area contributed by atoms with Crippen LogP contribution in [0, 0.1) is 0 Å². The molecule has 0 saturated heterocycles. The minimum atomic E-state index is -1.90. The van der Waals surface area contributed by atoms with Crippen LogP contribution in [0.5, 0.6) is 0 Å². The molecule has 0 atom stereocenters. The van der Waals surface area contributed by atoms with Crippen LogP contribution in [0.25, 0.3) is 0 Å². The third-order valence-corrected chi connectivity index (χ3v) is 3.72. The number of nitrogens with one attached hydrogen (secondary N) is 1. The largest absolute Gasteiger partial charge is 0.399 e. The summed E-state index contributed by atoms with van der Waals surface area (Å²) in [6, 6.07) is 12.8. The molecular weight excluding hydrogens is 292 g/mol. The molecule has 0 spiro atoms. The first kappa shape index (κ1) is 16.9. The predicted molar refractivity (Wildman–Crippen MR) is 94.9 cm³/mol. The number of hydrogen-bond acceptors (Lipinski definition) is 6. The van der Waals surface area contributed by atoms with E-state index >= 15 is 0 Å². The van der Waals surface area contributed by atoms with Crippen molar-refractivity contribution in [3.8, 4) is 0 Å². The summed E-state index contributed by atoms with van der Waals surface area (Å²) < 4.78 is 0. The maximum atomic E-state index is 9.61. The van der Waals surface area contributed by atoms with Crippen molar-refractivity contribution in [2.75, 3.05) is 28.7 Å². The van der Waals surface area contributed by atoms with Crippen molar-refractivity contribution in [1.82, 2.24) is 0 Å². The molecule has 124 valence electrons. The van der Waals surface area contributed by atoms with Crippen LogP contribution >= 0.6 is 0 Å². The van der Waals surface area contributed by atoms with Crippen LogP contribution in [0.2, 0.25) is 0 Å². The lowest BCUT2D eigenvalue weighted by atomic mass is 10.1. The van der Waals surface area contributed by atoms with E-state index in [2.05, 4.69) is 5.32 Å². The van der Waals surface area contributed by atoms with Crippen molar-refractivity contribution in [1.29, 1.82) is 0 Å². The Labute approximate surface area is 136 Å². The molecule has 23 heavy (non-hydrogen) atoms. The number of rotatable bonds is 6. The second-order valence-electron chi connectivity index (χ2n) is 5.66. The number of benzene rings is 2. The van der Waals surface area contributed by atoms with E-state index < -0.39 is 5.91 Å². The minimum absolute atomic E-state index is 0.184. The van der Waals surface area contributed by atoms with Crippen molar-refractivity contribution in [2.24, 2.45) is 0 Å². The van der Waals surface area contributed by atoms with E-state index in [9.17, 15) is 10.2 Å². The molecule has 6 heteroatoms. The average molecular weight is 316 g/mol. The first-order valence-electron chi connectivity index (χ1n) is 7.49. The summed E-state index contributed by atoms with van der Waals surface area (Å²) in [5.74, 6) is -1.90. The maximum Gasteiger partial charge on any atom is 0.243 e. The molecular formula is C17H24N4O2. The number of aliphatic hydroxyl groups is 2. The molecule has 2 aromatic rings. The third kappa shape index (κ3) is 4.51. The smallest absolute Gasteiger partial charge is 0.243 e. The summed E-state index contributed by atoms with van der Waals surface area (Å²) >= 11 is 0. The first-order chi connectivity index (χ1) is 10.8. The topological polar surface area (TPSA) is 108 Å². The lowest BCUT2D eigenvalue weighted by molar-refractivity contribution is -0.137. The molecule has 0 radical (unpaired) electrons. The highest BCUT2D eigenvalue weighted by Gasteiger charge is 2.19. The van der Waals surface area contributed by atoms with Crippen LogP contribution in [-0.2, 0) is 6.54 Å². The van der Waals surface area contributed by atoms with E-state index in [1.54, 1.807) is 31.2 Å². The van der Waals surface area contributed by atoms with Gasteiger partial charge in [-0.1, -0.05) is 6.92 Å². The SMILES string of the molecule is CCC(O)(O)Nc1ccc(N(C)Cc2cc(N)ccc2N)cc1. The summed E-state index contributed by atoms with van der Waals surface area (Å²) in [6.45, 7) is 2.31. The fourth-order valence-electron chi connectivity index (χ4n) is 2.23. The number of anilines is 4. The monoisotopic (exact) mass is 316 g/mol. The highest BCUT2D eigenvalue weighted by Crippen LogP contribution is 2.23. The minimum Gasteiger partial charge on any atom is -0.399 e. The zero-order valence-corrected chi connectivity index (χ0v) is 13.5. The Hall–Kier alpha value is -2.44. The van der Waals surface area contributed by atoms with Crippen LogP contribution < -0.4 is 21.7 Å². The second-order valence-corrected chi connectivity index (χ2v) is 5.66. The lowest BCUT2D eigenvalue weighted by Crippen LogP contribution is -2.36. The number of nitrogens with two attached hydrogens (primary N) is 2. The lowest BCUT2D eigenvalue weighted by Gasteiger charge is -2.24. The zero-order chi connectivity index (χ0) is 17.0. The normalized spacial score (nSPS) is 11.3.